The van der Waals surface area contributed by atoms with Gasteiger partial charge in [0.2, 0.25) is 0 Å². The Morgan fingerprint density at radius 2 is 1.85 bits per heavy atom. The Morgan fingerprint density at radius 3 is 2.65 bits per heavy atom. The average molecular weight is 270 g/mol. The Balaban J connectivity index is 1.95. The lowest BCUT2D eigenvalue weighted by molar-refractivity contribution is 0.257. The zero-order valence-electron chi connectivity index (χ0n) is 11.8. The molecule has 1 heterocycles. The van der Waals surface area contributed by atoms with Crippen molar-refractivity contribution in [1.29, 1.82) is 0 Å². The van der Waals surface area contributed by atoms with Gasteiger partial charge in [0.05, 0.1) is 20.8 Å². The van der Waals surface area contributed by atoms with Crippen molar-refractivity contribution in [1.82, 2.24) is 0 Å². The van der Waals surface area contributed by atoms with E-state index in [1.54, 1.807) is 14.2 Å². The topological polar surface area (TPSA) is 27.7 Å². The number of hydrogen-bond donors (Lipinski definition) is 0. The molecule has 1 unspecified atom stereocenters. The Labute approximate surface area is 119 Å². The van der Waals surface area contributed by atoms with Gasteiger partial charge in [-0.05, 0) is 24.1 Å². The molecule has 2 aromatic rings. The van der Waals surface area contributed by atoms with Crippen LogP contribution in [0.3, 0.4) is 0 Å². The minimum atomic E-state index is 0.287. The van der Waals surface area contributed by atoms with Crippen molar-refractivity contribution >= 4 is 0 Å². The molecule has 0 bridgehead atoms. The third kappa shape index (κ3) is 2.20. The highest BCUT2D eigenvalue weighted by molar-refractivity contribution is 5.50. The van der Waals surface area contributed by atoms with Crippen LogP contribution in [-0.2, 0) is 6.42 Å². The van der Waals surface area contributed by atoms with Crippen LogP contribution in [0.1, 0.15) is 17.0 Å². The first-order valence-corrected chi connectivity index (χ1v) is 6.75. The fourth-order valence-corrected chi connectivity index (χ4v) is 2.76. The summed E-state index contributed by atoms with van der Waals surface area (Å²) in [5.41, 5.74) is 2.38. The van der Waals surface area contributed by atoms with Crippen molar-refractivity contribution in [3.05, 3.63) is 53.6 Å². The van der Waals surface area contributed by atoms with E-state index in [2.05, 4.69) is 12.1 Å². The summed E-state index contributed by atoms with van der Waals surface area (Å²) in [6, 6.07) is 14.2. The largest absolute Gasteiger partial charge is 0.493 e. The van der Waals surface area contributed by atoms with Crippen LogP contribution >= 0.6 is 0 Å². The zero-order valence-corrected chi connectivity index (χ0v) is 11.8. The van der Waals surface area contributed by atoms with Crippen LogP contribution in [0.4, 0.5) is 0 Å². The van der Waals surface area contributed by atoms with Crippen molar-refractivity contribution in [2.45, 2.75) is 12.3 Å². The van der Waals surface area contributed by atoms with Gasteiger partial charge in [-0.3, -0.25) is 0 Å². The molecule has 0 N–H and O–H groups in total. The summed E-state index contributed by atoms with van der Waals surface area (Å²) in [7, 11) is 3.34. The average Bonchev–Trinajstić information content (AvgIpc) is 2.53. The first-order valence-electron chi connectivity index (χ1n) is 6.75. The maximum absolute atomic E-state index is 5.87. The first kappa shape index (κ1) is 12.9. The summed E-state index contributed by atoms with van der Waals surface area (Å²) in [6.07, 6.45) is 0.958. The third-order valence-electron chi connectivity index (χ3n) is 3.75. The molecule has 1 aliphatic rings. The minimum Gasteiger partial charge on any atom is -0.493 e. The molecule has 3 rings (SSSR count). The number of benzene rings is 2. The molecule has 2 aromatic carbocycles. The normalized spacial score (nSPS) is 17.0. The van der Waals surface area contributed by atoms with E-state index in [9.17, 15) is 0 Å². The fourth-order valence-electron chi connectivity index (χ4n) is 2.76. The molecule has 20 heavy (non-hydrogen) atoms. The van der Waals surface area contributed by atoms with E-state index in [1.807, 2.05) is 30.3 Å². The second-order valence-electron chi connectivity index (χ2n) is 4.90. The van der Waals surface area contributed by atoms with Gasteiger partial charge in [0, 0.05) is 11.5 Å². The van der Waals surface area contributed by atoms with E-state index < -0.39 is 0 Å². The van der Waals surface area contributed by atoms with Crippen molar-refractivity contribution in [2.75, 3.05) is 20.8 Å². The van der Waals surface area contributed by atoms with Gasteiger partial charge < -0.3 is 14.2 Å². The molecule has 0 aliphatic carbocycles. The minimum absolute atomic E-state index is 0.287. The van der Waals surface area contributed by atoms with Crippen LogP contribution in [-0.4, -0.2) is 20.8 Å². The van der Waals surface area contributed by atoms with Crippen LogP contribution in [0, 0.1) is 0 Å². The van der Waals surface area contributed by atoms with E-state index in [0.717, 1.165) is 29.2 Å². The molecule has 0 fully saturated rings. The number of hydrogen-bond acceptors (Lipinski definition) is 3. The van der Waals surface area contributed by atoms with Gasteiger partial charge in [-0.15, -0.1) is 0 Å². The zero-order chi connectivity index (χ0) is 13.9. The van der Waals surface area contributed by atoms with Crippen LogP contribution in [0.15, 0.2) is 42.5 Å². The third-order valence-corrected chi connectivity index (χ3v) is 3.75. The van der Waals surface area contributed by atoms with Gasteiger partial charge in [0.15, 0.2) is 11.5 Å². The molecule has 0 aromatic heterocycles. The molecule has 0 radical (unpaired) electrons. The van der Waals surface area contributed by atoms with Crippen molar-refractivity contribution in [3.8, 4) is 17.2 Å². The van der Waals surface area contributed by atoms with Gasteiger partial charge in [-0.25, -0.2) is 0 Å². The second kappa shape index (κ2) is 5.45. The molecular formula is C17H18O3. The smallest absolute Gasteiger partial charge is 0.164 e. The quantitative estimate of drug-likeness (QED) is 0.855. The van der Waals surface area contributed by atoms with E-state index in [4.69, 9.17) is 14.2 Å². The monoisotopic (exact) mass is 270 g/mol. The standard InChI is InChI=1S/C17H18O3/c1-18-16-9-5-7-14(17(16)19-2)13-10-12-6-3-4-8-15(12)20-11-13/h3-9,13H,10-11H2,1-2H3. The van der Waals surface area contributed by atoms with Gasteiger partial charge in [-0.2, -0.15) is 0 Å². The number of ether oxygens (including phenoxy) is 3. The molecule has 0 saturated heterocycles. The predicted molar refractivity (Wildman–Crippen MR) is 77.9 cm³/mol. The SMILES string of the molecule is COc1cccc(C2COc3ccccc3C2)c1OC. The maximum atomic E-state index is 5.87. The van der Waals surface area contributed by atoms with Crippen molar-refractivity contribution in [3.63, 3.8) is 0 Å². The summed E-state index contributed by atoms with van der Waals surface area (Å²) in [4.78, 5) is 0. The van der Waals surface area contributed by atoms with Crippen LogP contribution in [0.5, 0.6) is 17.2 Å². The van der Waals surface area contributed by atoms with Crippen LogP contribution in [0.2, 0.25) is 0 Å². The summed E-state index contributed by atoms with van der Waals surface area (Å²) >= 11 is 0. The Morgan fingerprint density at radius 1 is 1.00 bits per heavy atom. The lowest BCUT2D eigenvalue weighted by Gasteiger charge is -2.27. The molecule has 0 saturated carbocycles. The van der Waals surface area contributed by atoms with Gasteiger partial charge >= 0.3 is 0 Å². The molecule has 0 spiro atoms. The van der Waals surface area contributed by atoms with Crippen molar-refractivity contribution in [2.24, 2.45) is 0 Å². The molecule has 3 nitrogen and oxygen atoms in total. The maximum Gasteiger partial charge on any atom is 0.164 e. The second-order valence-corrected chi connectivity index (χ2v) is 4.90. The van der Waals surface area contributed by atoms with Crippen molar-refractivity contribution < 1.29 is 14.2 Å². The van der Waals surface area contributed by atoms with Crippen LogP contribution < -0.4 is 14.2 Å². The molecule has 1 aliphatic heterocycles. The number of fused-ring (bicyclic) bond motifs is 1. The molecule has 0 amide bonds. The molecule has 1 atom stereocenters. The Kier molecular flexibility index (Phi) is 3.50. The van der Waals surface area contributed by atoms with Crippen LogP contribution in [0.25, 0.3) is 0 Å². The van der Waals surface area contributed by atoms with E-state index in [-0.39, 0.29) is 5.92 Å². The number of methoxy groups -OCH3 is 2. The van der Waals surface area contributed by atoms with Gasteiger partial charge in [0.1, 0.15) is 5.75 Å². The molecule has 104 valence electrons. The highest BCUT2D eigenvalue weighted by Gasteiger charge is 2.25. The Bertz CT molecular complexity index is 607. The van der Waals surface area contributed by atoms with E-state index in [1.165, 1.54) is 5.56 Å². The first-order chi connectivity index (χ1) is 9.83. The fraction of sp³-hybridized carbons (Fsp3) is 0.294. The highest BCUT2D eigenvalue weighted by Crippen LogP contribution is 2.40. The summed E-state index contributed by atoms with van der Waals surface area (Å²) in [6.45, 7) is 0.667. The summed E-state index contributed by atoms with van der Waals surface area (Å²) < 4.78 is 16.8. The summed E-state index contributed by atoms with van der Waals surface area (Å²) in [5, 5.41) is 0. The summed E-state index contributed by atoms with van der Waals surface area (Å²) in [5.74, 6) is 2.85. The molecule has 3 heteroatoms. The highest BCUT2D eigenvalue weighted by atomic mass is 16.5. The number of rotatable bonds is 3. The lowest BCUT2D eigenvalue weighted by atomic mass is 9.89. The Hall–Kier alpha value is -2.16. The predicted octanol–water partition coefficient (Wildman–Crippen LogP) is 3.42. The van der Waals surface area contributed by atoms with Gasteiger partial charge in [-0.1, -0.05) is 30.3 Å². The van der Waals surface area contributed by atoms with E-state index >= 15 is 0 Å². The molecular weight excluding hydrogens is 252 g/mol. The van der Waals surface area contributed by atoms with E-state index in [0.29, 0.717) is 6.61 Å². The number of para-hydroxylation sites is 2. The lowest BCUT2D eigenvalue weighted by Crippen LogP contribution is -2.19. The van der Waals surface area contributed by atoms with Gasteiger partial charge in [0.25, 0.3) is 0 Å².